The summed E-state index contributed by atoms with van der Waals surface area (Å²) in [6, 6.07) is 19.6. The maximum atomic E-state index is 5.98. The second-order valence-corrected chi connectivity index (χ2v) is 10.8. The van der Waals surface area contributed by atoms with E-state index in [0.717, 1.165) is 36.8 Å². The highest BCUT2D eigenvalue weighted by atomic mass is 16.7. The fourth-order valence-electron chi connectivity index (χ4n) is 6.26. The second kappa shape index (κ2) is 12.4. The van der Waals surface area contributed by atoms with Crippen molar-refractivity contribution in [3.63, 3.8) is 0 Å². The number of likely N-dealkylation sites (N-methyl/N-ethyl adjacent to an activating group) is 1. The van der Waals surface area contributed by atoms with Crippen LogP contribution in [0, 0.1) is 0 Å². The molecule has 0 amide bonds. The third-order valence-electron chi connectivity index (χ3n) is 8.62. The number of aromatic nitrogens is 2. The van der Waals surface area contributed by atoms with Gasteiger partial charge in [-0.15, -0.1) is 0 Å². The van der Waals surface area contributed by atoms with Crippen molar-refractivity contribution in [2.24, 2.45) is 0 Å². The number of nitrogens with zero attached hydrogens (tertiary/aromatic N) is 6. The lowest BCUT2D eigenvalue weighted by molar-refractivity contribution is 0.0878. The van der Waals surface area contributed by atoms with Crippen molar-refractivity contribution >= 4 is 23.0 Å². The van der Waals surface area contributed by atoms with Gasteiger partial charge in [-0.1, -0.05) is 37.3 Å². The summed E-state index contributed by atoms with van der Waals surface area (Å²) < 4.78 is 5.81. The van der Waals surface area contributed by atoms with Crippen LogP contribution in [0.25, 0.3) is 0 Å². The Labute approximate surface area is 237 Å². The molecule has 1 aromatic heterocycles. The Hall–Kier alpha value is -3.40. The first-order chi connectivity index (χ1) is 19.7. The smallest absolute Gasteiger partial charge is 0.158 e. The van der Waals surface area contributed by atoms with Gasteiger partial charge in [0.05, 0.1) is 25.4 Å². The number of benzene rings is 2. The summed E-state index contributed by atoms with van der Waals surface area (Å²) in [5.41, 5.74) is 3.30. The standard InChI is InChI=1S/C31H41N7O2/c1-3-35-16-18-37(19-17-35)25-11-14-36(15-12-25)26-9-10-27(29(21-26)39-2)34-30-22-31(33-23-32-30)38-28(13-20-40-38)24-7-5-4-6-8-24/h4-10,21-23,25,28H,3,11-20H2,1-2H3,(H,32,33,34)/t28-/m1/s1. The van der Waals surface area contributed by atoms with E-state index < -0.39 is 0 Å². The molecule has 40 heavy (non-hydrogen) atoms. The minimum atomic E-state index is 0.128. The number of piperidine rings is 1. The lowest BCUT2D eigenvalue weighted by Crippen LogP contribution is -2.53. The lowest BCUT2D eigenvalue weighted by Gasteiger charge is -2.43. The molecule has 1 N–H and O–H groups in total. The van der Waals surface area contributed by atoms with Gasteiger partial charge in [0, 0.05) is 69.6 Å². The van der Waals surface area contributed by atoms with Crippen LogP contribution in [0.2, 0.25) is 0 Å². The molecule has 4 heterocycles. The number of hydrogen-bond donors (Lipinski definition) is 1. The molecule has 3 aliphatic heterocycles. The van der Waals surface area contributed by atoms with Gasteiger partial charge in [-0.3, -0.25) is 9.74 Å². The van der Waals surface area contributed by atoms with Crippen LogP contribution in [0.3, 0.4) is 0 Å². The van der Waals surface area contributed by atoms with Crippen LogP contribution in [-0.2, 0) is 4.84 Å². The fourth-order valence-corrected chi connectivity index (χ4v) is 6.26. The van der Waals surface area contributed by atoms with Crippen LogP contribution in [0.4, 0.5) is 23.0 Å². The minimum absolute atomic E-state index is 0.128. The molecule has 0 saturated carbocycles. The molecule has 1 atom stereocenters. The van der Waals surface area contributed by atoms with Gasteiger partial charge in [0.15, 0.2) is 5.82 Å². The number of nitrogens with one attached hydrogen (secondary N) is 1. The molecule has 3 fully saturated rings. The van der Waals surface area contributed by atoms with Crippen molar-refractivity contribution in [1.82, 2.24) is 19.8 Å². The highest BCUT2D eigenvalue weighted by Crippen LogP contribution is 2.36. The Morgan fingerprint density at radius 2 is 1.73 bits per heavy atom. The molecule has 9 heteroatoms. The zero-order valence-electron chi connectivity index (χ0n) is 23.7. The van der Waals surface area contributed by atoms with Crippen molar-refractivity contribution in [3.8, 4) is 5.75 Å². The SMILES string of the molecule is CCN1CCN(C2CCN(c3ccc(Nc4cc(N5OCC[C@@H]5c5ccccc5)ncn4)c(OC)c3)CC2)CC1. The molecule has 0 bridgehead atoms. The van der Waals surface area contributed by atoms with Gasteiger partial charge in [-0.05, 0) is 37.1 Å². The minimum Gasteiger partial charge on any atom is -0.494 e. The van der Waals surface area contributed by atoms with Crippen LogP contribution in [-0.4, -0.2) is 85.3 Å². The predicted octanol–water partition coefficient (Wildman–Crippen LogP) is 4.72. The molecular formula is C31H41N7O2. The number of hydroxylamine groups is 1. The average Bonchev–Trinajstić information content (AvgIpc) is 3.52. The highest BCUT2D eigenvalue weighted by molar-refractivity contribution is 5.70. The lowest BCUT2D eigenvalue weighted by atomic mass is 10.0. The summed E-state index contributed by atoms with van der Waals surface area (Å²) in [5, 5.41) is 5.34. The molecular weight excluding hydrogens is 502 g/mol. The third kappa shape index (κ3) is 5.87. The van der Waals surface area contributed by atoms with E-state index in [1.54, 1.807) is 13.4 Å². The molecule has 3 aliphatic rings. The Bertz CT molecular complexity index is 1240. The number of rotatable bonds is 8. The Kier molecular flexibility index (Phi) is 8.32. The number of ether oxygens (including phenoxy) is 1. The molecule has 6 rings (SSSR count). The van der Waals surface area contributed by atoms with Gasteiger partial charge < -0.3 is 19.9 Å². The van der Waals surface area contributed by atoms with E-state index in [-0.39, 0.29) is 6.04 Å². The van der Waals surface area contributed by atoms with Crippen molar-refractivity contribution in [1.29, 1.82) is 0 Å². The zero-order valence-corrected chi connectivity index (χ0v) is 23.7. The molecule has 0 unspecified atom stereocenters. The quantitative estimate of drug-likeness (QED) is 0.435. The maximum absolute atomic E-state index is 5.98. The monoisotopic (exact) mass is 543 g/mol. The molecule has 3 aromatic rings. The van der Waals surface area contributed by atoms with E-state index in [1.165, 1.54) is 56.8 Å². The van der Waals surface area contributed by atoms with Gasteiger partial charge in [0.2, 0.25) is 0 Å². The van der Waals surface area contributed by atoms with Crippen LogP contribution in [0.1, 0.15) is 37.8 Å². The Morgan fingerprint density at radius 1 is 0.925 bits per heavy atom. The van der Waals surface area contributed by atoms with Gasteiger partial charge in [0.25, 0.3) is 0 Å². The van der Waals surface area contributed by atoms with Crippen molar-refractivity contribution in [3.05, 3.63) is 66.5 Å². The Balaban J connectivity index is 1.10. The highest BCUT2D eigenvalue weighted by Gasteiger charge is 2.30. The largest absolute Gasteiger partial charge is 0.494 e. The van der Waals surface area contributed by atoms with E-state index in [0.29, 0.717) is 18.5 Å². The first-order valence-corrected chi connectivity index (χ1v) is 14.7. The summed E-state index contributed by atoms with van der Waals surface area (Å²) in [4.78, 5) is 22.7. The molecule has 0 aliphatic carbocycles. The third-order valence-corrected chi connectivity index (χ3v) is 8.62. The topological polar surface area (TPSA) is 69.2 Å². The number of anilines is 4. The number of hydrogen-bond acceptors (Lipinski definition) is 9. The fraction of sp³-hybridized carbons (Fsp3) is 0.484. The molecule has 0 spiro atoms. The molecule has 0 radical (unpaired) electrons. The molecule has 2 aromatic carbocycles. The normalized spacial score (nSPS) is 21.1. The van der Waals surface area contributed by atoms with Crippen molar-refractivity contribution in [2.45, 2.75) is 38.3 Å². The van der Waals surface area contributed by atoms with Crippen molar-refractivity contribution < 1.29 is 9.57 Å². The van der Waals surface area contributed by atoms with Gasteiger partial charge in [0.1, 0.15) is 17.9 Å². The first-order valence-electron chi connectivity index (χ1n) is 14.7. The summed E-state index contributed by atoms with van der Waals surface area (Å²) in [6.07, 6.45) is 4.91. The second-order valence-electron chi connectivity index (χ2n) is 10.8. The predicted molar refractivity (Wildman–Crippen MR) is 159 cm³/mol. The van der Waals surface area contributed by atoms with Crippen molar-refractivity contribution in [2.75, 3.05) is 74.8 Å². The first kappa shape index (κ1) is 26.8. The van der Waals surface area contributed by atoms with Gasteiger partial charge >= 0.3 is 0 Å². The summed E-state index contributed by atoms with van der Waals surface area (Å²) in [6.45, 7) is 11.0. The average molecular weight is 544 g/mol. The van der Waals surface area contributed by atoms with Crippen LogP contribution in [0.15, 0.2) is 60.9 Å². The zero-order chi connectivity index (χ0) is 27.3. The number of methoxy groups -OCH3 is 1. The van der Waals surface area contributed by atoms with Crippen LogP contribution < -0.4 is 20.0 Å². The Morgan fingerprint density at radius 3 is 2.48 bits per heavy atom. The summed E-state index contributed by atoms with van der Waals surface area (Å²) >= 11 is 0. The van der Waals surface area contributed by atoms with E-state index in [2.05, 4.69) is 79.4 Å². The van der Waals surface area contributed by atoms with E-state index in [4.69, 9.17) is 9.57 Å². The van der Waals surface area contributed by atoms with Gasteiger partial charge in [-0.2, -0.15) is 0 Å². The molecule has 9 nitrogen and oxygen atoms in total. The van der Waals surface area contributed by atoms with E-state index >= 15 is 0 Å². The maximum Gasteiger partial charge on any atom is 0.158 e. The molecule has 212 valence electrons. The summed E-state index contributed by atoms with van der Waals surface area (Å²) in [5.74, 6) is 2.23. The van der Waals surface area contributed by atoms with E-state index in [1.807, 2.05) is 17.2 Å². The molecule has 3 saturated heterocycles. The van der Waals surface area contributed by atoms with E-state index in [9.17, 15) is 0 Å². The van der Waals surface area contributed by atoms with Gasteiger partial charge in [-0.25, -0.2) is 15.0 Å². The number of piperazine rings is 1. The van der Waals surface area contributed by atoms with Crippen LogP contribution in [0.5, 0.6) is 5.75 Å². The van der Waals surface area contributed by atoms with Crippen LogP contribution >= 0.6 is 0 Å². The summed E-state index contributed by atoms with van der Waals surface area (Å²) in [7, 11) is 1.72.